The lowest BCUT2D eigenvalue weighted by Crippen LogP contribution is -2.13. The highest BCUT2D eigenvalue weighted by atomic mass is 19.4. The number of fused-ring (bicyclic) bond motifs is 1. The third-order valence-electron chi connectivity index (χ3n) is 5.17. The Labute approximate surface area is 186 Å². The van der Waals surface area contributed by atoms with Gasteiger partial charge in [0.25, 0.3) is 0 Å². The summed E-state index contributed by atoms with van der Waals surface area (Å²) in [5.74, 6) is -1.42. The molecule has 5 nitrogen and oxygen atoms in total. The van der Waals surface area contributed by atoms with Gasteiger partial charge in [-0.1, -0.05) is 17.7 Å². The zero-order valence-corrected chi connectivity index (χ0v) is 17.4. The number of alkyl halides is 3. The zero-order valence-electron chi connectivity index (χ0n) is 17.4. The average molecular weight is 461 g/mol. The smallest absolute Gasteiger partial charge is 0.416 e. The number of aromatic nitrogens is 1. The molecule has 0 bridgehead atoms. The second-order valence-corrected chi connectivity index (χ2v) is 7.73. The van der Waals surface area contributed by atoms with E-state index >= 15 is 0 Å². The predicted octanol–water partition coefficient (Wildman–Crippen LogP) is 5.71. The van der Waals surface area contributed by atoms with Crippen LogP contribution in [0.4, 0.5) is 17.6 Å². The van der Waals surface area contributed by atoms with Crippen molar-refractivity contribution < 1.29 is 36.9 Å². The molecule has 0 radical (unpaired) electrons. The molecular weight excluding hydrogens is 442 g/mol. The molecule has 9 heteroatoms. The maximum atomic E-state index is 14.7. The molecule has 0 aliphatic carbocycles. The summed E-state index contributed by atoms with van der Waals surface area (Å²) >= 11 is 0. The quantitative estimate of drug-likeness (QED) is 0.478. The molecule has 4 rings (SSSR count). The monoisotopic (exact) mass is 461 g/mol. The largest absolute Gasteiger partial charge is 0.489 e. The van der Waals surface area contributed by atoms with Crippen molar-refractivity contribution in [3.63, 3.8) is 0 Å². The molecule has 1 aliphatic rings. The van der Waals surface area contributed by atoms with Crippen LogP contribution in [0, 0.1) is 12.7 Å². The van der Waals surface area contributed by atoms with E-state index < -0.39 is 23.5 Å². The topological polar surface area (TPSA) is 60.7 Å². The molecular formula is C24H19F4NO4. The van der Waals surface area contributed by atoms with E-state index in [1.807, 2.05) is 0 Å². The van der Waals surface area contributed by atoms with Gasteiger partial charge in [-0.2, -0.15) is 13.2 Å². The number of nitrogens with zero attached hydrogens (tertiary/aromatic N) is 1. The molecule has 1 N–H and O–H groups in total. The van der Waals surface area contributed by atoms with Gasteiger partial charge in [-0.15, -0.1) is 0 Å². The minimum Gasteiger partial charge on any atom is -0.489 e. The van der Waals surface area contributed by atoms with Crippen LogP contribution >= 0.6 is 0 Å². The molecule has 2 heterocycles. The Balaban J connectivity index is 1.51. The second-order valence-electron chi connectivity index (χ2n) is 7.73. The van der Waals surface area contributed by atoms with Gasteiger partial charge in [0.2, 0.25) is 0 Å². The summed E-state index contributed by atoms with van der Waals surface area (Å²) in [6.07, 6.45) is 0.154. The maximum absolute atomic E-state index is 14.7. The standard InChI is InChI=1S/C24H19F4NO4/c1-14-2-3-17(20(6-14)24(26,27)28)13-32-18-8-21(25)19-7-15(12-33-22(19)9-18)10-29-5-4-16(11-29)23(30)31/h2-9,11H,10,12-13H2,1H3,(H,30,31). The van der Waals surface area contributed by atoms with Crippen molar-refractivity contribution in [3.8, 4) is 11.5 Å². The Kier molecular flexibility index (Phi) is 5.88. The zero-order chi connectivity index (χ0) is 23.8. The molecule has 172 valence electrons. The van der Waals surface area contributed by atoms with E-state index in [1.54, 1.807) is 29.8 Å². The molecule has 2 aromatic carbocycles. The number of hydrogen-bond acceptors (Lipinski definition) is 3. The summed E-state index contributed by atoms with van der Waals surface area (Å²) in [6, 6.07) is 7.94. The van der Waals surface area contributed by atoms with Crippen molar-refractivity contribution >= 4 is 12.0 Å². The van der Waals surface area contributed by atoms with Crippen LogP contribution < -0.4 is 9.47 Å². The van der Waals surface area contributed by atoms with Crippen molar-refractivity contribution in [2.75, 3.05) is 6.61 Å². The van der Waals surface area contributed by atoms with E-state index in [-0.39, 0.29) is 41.4 Å². The summed E-state index contributed by atoms with van der Waals surface area (Å²) in [5, 5.41) is 9.01. The minimum absolute atomic E-state index is 0.0494. The van der Waals surface area contributed by atoms with Crippen LogP contribution in [0.1, 0.15) is 32.6 Å². The first-order chi connectivity index (χ1) is 15.6. The summed E-state index contributed by atoms with van der Waals surface area (Å²) in [6.45, 7) is 1.65. The van der Waals surface area contributed by atoms with Gasteiger partial charge < -0.3 is 19.1 Å². The molecule has 1 aliphatic heterocycles. The minimum atomic E-state index is -4.53. The lowest BCUT2D eigenvalue weighted by atomic mass is 10.0. The van der Waals surface area contributed by atoms with Gasteiger partial charge in [0, 0.05) is 36.6 Å². The molecule has 0 atom stereocenters. The first-order valence-electron chi connectivity index (χ1n) is 9.94. The van der Waals surface area contributed by atoms with Crippen molar-refractivity contribution in [2.45, 2.75) is 26.3 Å². The third-order valence-corrected chi connectivity index (χ3v) is 5.17. The number of ether oxygens (including phenoxy) is 2. The predicted molar refractivity (Wildman–Crippen MR) is 112 cm³/mol. The van der Waals surface area contributed by atoms with Gasteiger partial charge in [-0.05, 0) is 30.7 Å². The van der Waals surface area contributed by atoms with Gasteiger partial charge in [-0.25, -0.2) is 9.18 Å². The van der Waals surface area contributed by atoms with Crippen LogP contribution in [-0.2, 0) is 19.3 Å². The van der Waals surface area contributed by atoms with Gasteiger partial charge in [0.1, 0.15) is 30.5 Å². The number of hydrogen-bond donors (Lipinski definition) is 1. The van der Waals surface area contributed by atoms with Gasteiger partial charge in [-0.3, -0.25) is 0 Å². The maximum Gasteiger partial charge on any atom is 0.416 e. The highest BCUT2D eigenvalue weighted by molar-refractivity contribution is 5.87. The Morgan fingerprint density at radius 1 is 1.21 bits per heavy atom. The van der Waals surface area contributed by atoms with Gasteiger partial charge in [0.15, 0.2) is 0 Å². The van der Waals surface area contributed by atoms with Crippen molar-refractivity contribution in [1.82, 2.24) is 4.57 Å². The Hall–Kier alpha value is -3.75. The van der Waals surface area contributed by atoms with Gasteiger partial charge >= 0.3 is 12.1 Å². The fourth-order valence-electron chi connectivity index (χ4n) is 3.56. The van der Waals surface area contributed by atoms with E-state index in [2.05, 4.69) is 0 Å². The molecule has 0 unspecified atom stereocenters. The lowest BCUT2D eigenvalue weighted by molar-refractivity contribution is -0.138. The summed E-state index contributed by atoms with van der Waals surface area (Å²) in [7, 11) is 0. The number of aryl methyl sites for hydroxylation is 1. The summed E-state index contributed by atoms with van der Waals surface area (Å²) < 4.78 is 67.4. The molecule has 3 aromatic rings. The van der Waals surface area contributed by atoms with E-state index in [0.29, 0.717) is 12.1 Å². The average Bonchev–Trinajstić information content (AvgIpc) is 3.21. The van der Waals surface area contributed by atoms with Crippen LogP contribution in [0.5, 0.6) is 11.5 Å². The van der Waals surface area contributed by atoms with E-state index in [1.165, 1.54) is 24.4 Å². The Morgan fingerprint density at radius 2 is 2.00 bits per heavy atom. The number of carboxylic acids is 1. The van der Waals surface area contributed by atoms with Crippen molar-refractivity contribution in [2.24, 2.45) is 0 Å². The number of carbonyl (C=O) groups is 1. The first-order valence-corrected chi connectivity index (χ1v) is 9.94. The van der Waals surface area contributed by atoms with Crippen molar-refractivity contribution in [3.05, 3.63) is 88.0 Å². The summed E-state index contributed by atoms with van der Waals surface area (Å²) in [4.78, 5) is 11.0. The van der Waals surface area contributed by atoms with Crippen LogP contribution in [-0.4, -0.2) is 22.2 Å². The molecule has 0 amide bonds. The number of aromatic carboxylic acids is 1. The fourth-order valence-corrected chi connectivity index (χ4v) is 3.56. The van der Waals surface area contributed by atoms with Crippen LogP contribution in [0.15, 0.2) is 54.4 Å². The van der Waals surface area contributed by atoms with E-state index in [4.69, 9.17) is 14.6 Å². The first kappa shape index (κ1) is 22.4. The van der Waals surface area contributed by atoms with Crippen LogP contribution in [0.25, 0.3) is 6.08 Å². The van der Waals surface area contributed by atoms with Gasteiger partial charge in [0.05, 0.1) is 16.7 Å². The van der Waals surface area contributed by atoms with E-state index in [9.17, 15) is 22.4 Å². The molecule has 0 saturated carbocycles. The van der Waals surface area contributed by atoms with Crippen molar-refractivity contribution in [1.29, 1.82) is 0 Å². The highest BCUT2D eigenvalue weighted by Crippen LogP contribution is 2.36. The fraction of sp³-hybridized carbons (Fsp3) is 0.208. The lowest BCUT2D eigenvalue weighted by Gasteiger charge is -2.20. The van der Waals surface area contributed by atoms with Crippen LogP contribution in [0.3, 0.4) is 0 Å². The SMILES string of the molecule is Cc1ccc(COc2cc(F)c3c(c2)OCC(Cn2ccc(C(=O)O)c2)=C3)c(C(F)(F)F)c1. The second kappa shape index (κ2) is 8.65. The molecule has 0 fully saturated rings. The summed E-state index contributed by atoms with van der Waals surface area (Å²) in [5.41, 5.74) is 0.684. The third kappa shape index (κ3) is 5.02. The number of rotatable bonds is 6. The van der Waals surface area contributed by atoms with E-state index in [0.717, 1.165) is 17.7 Å². The molecule has 33 heavy (non-hydrogen) atoms. The number of halogens is 4. The molecule has 0 saturated heterocycles. The Bertz CT molecular complexity index is 1240. The highest BCUT2D eigenvalue weighted by Gasteiger charge is 2.33. The van der Waals surface area contributed by atoms with Crippen LogP contribution in [0.2, 0.25) is 0 Å². The number of carboxylic acid groups (broad SMARTS) is 1. The Morgan fingerprint density at radius 3 is 2.70 bits per heavy atom. The number of benzene rings is 2. The normalized spacial score (nSPS) is 13.2. The molecule has 0 spiro atoms. The molecule has 1 aromatic heterocycles.